The van der Waals surface area contributed by atoms with E-state index in [1.54, 1.807) is 21.0 Å². The Morgan fingerprint density at radius 3 is 2.42 bits per heavy atom. The zero-order chi connectivity index (χ0) is 14.7. The van der Waals surface area contributed by atoms with Crippen LogP contribution in [0.1, 0.15) is 25.0 Å². The first kappa shape index (κ1) is 16.0. The smallest absolute Gasteiger partial charge is 0.153 e. The van der Waals surface area contributed by atoms with Crippen molar-refractivity contribution >= 4 is 9.84 Å². The zero-order valence-corrected chi connectivity index (χ0v) is 13.1. The molecule has 1 rings (SSSR count). The molecular formula is C14H23NO3S. The van der Waals surface area contributed by atoms with Crippen LogP contribution < -0.4 is 10.1 Å². The van der Waals surface area contributed by atoms with Gasteiger partial charge in [0.25, 0.3) is 0 Å². The molecule has 0 amide bonds. The van der Waals surface area contributed by atoms with Gasteiger partial charge in [0.1, 0.15) is 5.75 Å². The maximum Gasteiger partial charge on any atom is 0.153 e. The summed E-state index contributed by atoms with van der Waals surface area (Å²) in [4.78, 5) is 0. The summed E-state index contributed by atoms with van der Waals surface area (Å²) in [6.07, 6.45) is 1.27. The minimum atomic E-state index is -3.06. The van der Waals surface area contributed by atoms with Crippen LogP contribution in [0, 0.1) is 6.92 Å². The van der Waals surface area contributed by atoms with Gasteiger partial charge in [0, 0.05) is 19.3 Å². The van der Waals surface area contributed by atoms with Crippen LogP contribution in [-0.4, -0.2) is 33.1 Å². The summed E-state index contributed by atoms with van der Waals surface area (Å²) in [6, 6.07) is 5.94. The molecule has 4 nitrogen and oxygen atoms in total. The van der Waals surface area contributed by atoms with Gasteiger partial charge >= 0.3 is 0 Å². The number of ether oxygens (including phenoxy) is 1. The molecule has 0 aliphatic rings. The lowest BCUT2D eigenvalue weighted by Gasteiger charge is -2.23. The van der Waals surface area contributed by atoms with E-state index >= 15 is 0 Å². The summed E-state index contributed by atoms with van der Waals surface area (Å²) in [5, 5.41) is 3.19. The number of nitrogens with one attached hydrogen (secondary N) is 1. The SMILES string of the molecule is COc1ccc(CNCC(C)(C)S(C)(=O)=O)cc1C. The topological polar surface area (TPSA) is 55.4 Å². The van der Waals surface area contributed by atoms with Crippen LogP contribution in [0.2, 0.25) is 0 Å². The molecule has 1 N–H and O–H groups in total. The molecule has 0 aliphatic carbocycles. The molecule has 0 aliphatic heterocycles. The molecule has 5 heteroatoms. The molecule has 0 radical (unpaired) electrons. The van der Waals surface area contributed by atoms with Crippen LogP contribution in [0.5, 0.6) is 5.75 Å². The van der Waals surface area contributed by atoms with Crippen molar-refractivity contribution in [2.45, 2.75) is 32.1 Å². The zero-order valence-electron chi connectivity index (χ0n) is 12.3. The first-order chi connectivity index (χ1) is 8.67. The Balaban J connectivity index is 2.62. The van der Waals surface area contributed by atoms with Crippen molar-refractivity contribution in [2.75, 3.05) is 19.9 Å². The van der Waals surface area contributed by atoms with E-state index in [0.29, 0.717) is 13.1 Å². The molecule has 0 saturated heterocycles. The van der Waals surface area contributed by atoms with Gasteiger partial charge in [-0.2, -0.15) is 0 Å². The van der Waals surface area contributed by atoms with Gasteiger partial charge in [0.05, 0.1) is 11.9 Å². The highest BCUT2D eigenvalue weighted by Gasteiger charge is 2.29. The second-order valence-corrected chi connectivity index (χ2v) is 8.09. The lowest BCUT2D eigenvalue weighted by atomic mass is 10.1. The number of rotatable bonds is 6. The summed E-state index contributed by atoms with van der Waals surface area (Å²) >= 11 is 0. The van der Waals surface area contributed by atoms with Gasteiger partial charge in [0.15, 0.2) is 9.84 Å². The molecule has 0 aromatic heterocycles. The Kier molecular flexibility index (Phi) is 4.98. The van der Waals surface area contributed by atoms with E-state index < -0.39 is 14.6 Å². The number of hydrogen-bond donors (Lipinski definition) is 1. The van der Waals surface area contributed by atoms with E-state index in [1.807, 2.05) is 25.1 Å². The Hall–Kier alpha value is -1.07. The van der Waals surface area contributed by atoms with Crippen LogP contribution in [0.3, 0.4) is 0 Å². The van der Waals surface area contributed by atoms with Crippen molar-refractivity contribution in [3.63, 3.8) is 0 Å². The highest BCUT2D eigenvalue weighted by atomic mass is 32.2. The van der Waals surface area contributed by atoms with Gasteiger partial charge in [-0.3, -0.25) is 0 Å². The Morgan fingerprint density at radius 2 is 1.95 bits per heavy atom. The Labute approximate surface area is 116 Å². The summed E-state index contributed by atoms with van der Waals surface area (Å²) in [6.45, 7) is 6.52. The number of benzene rings is 1. The number of methoxy groups -OCH3 is 1. The molecule has 0 fully saturated rings. The maximum absolute atomic E-state index is 11.6. The predicted molar refractivity (Wildman–Crippen MR) is 78.4 cm³/mol. The lowest BCUT2D eigenvalue weighted by molar-refractivity contribution is 0.411. The normalized spacial score (nSPS) is 12.5. The molecule has 0 atom stereocenters. The minimum Gasteiger partial charge on any atom is -0.496 e. The molecule has 108 valence electrons. The monoisotopic (exact) mass is 285 g/mol. The fourth-order valence-corrected chi connectivity index (χ4v) is 2.05. The summed E-state index contributed by atoms with van der Waals surface area (Å²) < 4.78 is 27.6. The Morgan fingerprint density at radius 1 is 1.32 bits per heavy atom. The van der Waals surface area contributed by atoms with Crippen LogP contribution >= 0.6 is 0 Å². The molecule has 0 unspecified atom stereocenters. The van der Waals surface area contributed by atoms with Crippen molar-refractivity contribution in [1.29, 1.82) is 0 Å². The van der Waals surface area contributed by atoms with E-state index in [4.69, 9.17) is 4.74 Å². The molecule has 0 spiro atoms. The van der Waals surface area contributed by atoms with E-state index in [2.05, 4.69) is 5.32 Å². The second-order valence-electron chi connectivity index (χ2n) is 5.44. The van der Waals surface area contributed by atoms with Gasteiger partial charge in [-0.05, 0) is 38.0 Å². The van der Waals surface area contributed by atoms with Crippen molar-refractivity contribution in [2.24, 2.45) is 0 Å². The number of hydrogen-bond acceptors (Lipinski definition) is 4. The molecule has 0 bridgehead atoms. The van der Waals surface area contributed by atoms with Gasteiger partial charge in [0.2, 0.25) is 0 Å². The van der Waals surface area contributed by atoms with Gasteiger partial charge in [-0.1, -0.05) is 12.1 Å². The van der Waals surface area contributed by atoms with E-state index in [1.165, 1.54) is 6.26 Å². The van der Waals surface area contributed by atoms with Gasteiger partial charge in [-0.25, -0.2) is 8.42 Å². The molecule has 0 heterocycles. The van der Waals surface area contributed by atoms with Crippen molar-refractivity contribution in [3.05, 3.63) is 29.3 Å². The number of sulfone groups is 1. The van der Waals surface area contributed by atoms with Crippen LogP contribution in [-0.2, 0) is 16.4 Å². The fraction of sp³-hybridized carbons (Fsp3) is 0.571. The summed E-state index contributed by atoms with van der Waals surface area (Å²) in [5.74, 6) is 0.861. The predicted octanol–water partition coefficient (Wildman–Crippen LogP) is 1.92. The van der Waals surface area contributed by atoms with Crippen LogP contribution in [0.4, 0.5) is 0 Å². The first-order valence-corrected chi connectivity index (χ1v) is 8.10. The third-order valence-corrected chi connectivity index (χ3v) is 5.49. The molecule has 1 aromatic rings. The average molecular weight is 285 g/mol. The molecule has 19 heavy (non-hydrogen) atoms. The van der Waals surface area contributed by atoms with Gasteiger partial charge < -0.3 is 10.1 Å². The van der Waals surface area contributed by atoms with E-state index in [9.17, 15) is 8.42 Å². The molecular weight excluding hydrogens is 262 g/mol. The van der Waals surface area contributed by atoms with Crippen molar-refractivity contribution in [3.8, 4) is 5.75 Å². The third kappa shape index (κ3) is 4.21. The standard InChI is InChI=1S/C14H23NO3S/c1-11-8-12(6-7-13(11)18-4)9-15-10-14(2,3)19(5,16)17/h6-8,15H,9-10H2,1-5H3. The van der Waals surface area contributed by atoms with Crippen molar-refractivity contribution in [1.82, 2.24) is 5.32 Å². The molecule has 1 aromatic carbocycles. The molecule has 0 saturated carbocycles. The van der Waals surface area contributed by atoms with Crippen LogP contribution in [0.25, 0.3) is 0 Å². The first-order valence-electron chi connectivity index (χ1n) is 6.21. The maximum atomic E-state index is 11.6. The fourth-order valence-electron chi connectivity index (χ4n) is 1.69. The summed E-state index contributed by atoms with van der Waals surface area (Å²) in [7, 11) is -1.41. The van der Waals surface area contributed by atoms with Crippen molar-refractivity contribution < 1.29 is 13.2 Å². The highest BCUT2D eigenvalue weighted by molar-refractivity contribution is 7.92. The summed E-state index contributed by atoms with van der Waals surface area (Å²) in [5.41, 5.74) is 2.19. The third-order valence-electron chi connectivity index (χ3n) is 3.34. The van der Waals surface area contributed by atoms with Gasteiger partial charge in [-0.15, -0.1) is 0 Å². The minimum absolute atomic E-state index is 0.427. The average Bonchev–Trinajstić information content (AvgIpc) is 2.27. The number of aryl methyl sites for hydroxylation is 1. The second kappa shape index (κ2) is 5.92. The largest absolute Gasteiger partial charge is 0.496 e. The lowest BCUT2D eigenvalue weighted by Crippen LogP contribution is -2.41. The van der Waals surface area contributed by atoms with E-state index in [-0.39, 0.29) is 0 Å². The Bertz CT molecular complexity index is 536. The van der Waals surface area contributed by atoms with E-state index in [0.717, 1.165) is 16.9 Å². The highest BCUT2D eigenvalue weighted by Crippen LogP contribution is 2.19. The van der Waals surface area contributed by atoms with Crippen LogP contribution in [0.15, 0.2) is 18.2 Å². The quantitative estimate of drug-likeness (QED) is 0.867.